The van der Waals surface area contributed by atoms with E-state index in [4.69, 9.17) is 4.74 Å². The quantitative estimate of drug-likeness (QED) is 0.730. The number of nitriles is 1. The third-order valence-electron chi connectivity index (χ3n) is 4.07. The van der Waals surface area contributed by atoms with E-state index in [1.165, 1.54) is 38.5 Å². The van der Waals surface area contributed by atoms with Gasteiger partial charge in [-0.1, -0.05) is 25.7 Å². The van der Waals surface area contributed by atoms with Crippen LogP contribution in [-0.2, 0) is 4.74 Å². The number of nitrogens with zero attached hydrogens (tertiary/aromatic N) is 1. The average molecular weight is 222 g/mol. The summed E-state index contributed by atoms with van der Waals surface area (Å²) in [7, 11) is 0. The van der Waals surface area contributed by atoms with Crippen molar-refractivity contribution in [2.45, 2.75) is 69.6 Å². The summed E-state index contributed by atoms with van der Waals surface area (Å²) >= 11 is 0. The molecular weight excluding hydrogens is 200 g/mol. The maximum absolute atomic E-state index is 9.40. The fourth-order valence-electron chi connectivity index (χ4n) is 2.90. The molecule has 2 rings (SSSR count). The molecule has 90 valence electrons. The first-order chi connectivity index (χ1) is 7.77. The molecule has 2 atom stereocenters. The zero-order chi connectivity index (χ0) is 11.4. The van der Waals surface area contributed by atoms with Gasteiger partial charge in [-0.2, -0.15) is 5.26 Å². The smallest absolute Gasteiger partial charge is 0.135 e. The van der Waals surface area contributed by atoms with Gasteiger partial charge in [0.25, 0.3) is 0 Å². The van der Waals surface area contributed by atoms with E-state index < -0.39 is 5.54 Å². The first-order valence-corrected chi connectivity index (χ1v) is 6.57. The molecule has 16 heavy (non-hydrogen) atoms. The molecule has 0 aromatic heterocycles. The number of hydrogen-bond acceptors (Lipinski definition) is 3. The lowest BCUT2D eigenvalue weighted by molar-refractivity contribution is 0.0942. The van der Waals surface area contributed by atoms with Crippen LogP contribution in [0.2, 0.25) is 0 Å². The first-order valence-electron chi connectivity index (χ1n) is 6.57. The van der Waals surface area contributed by atoms with Gasteiger partial charge in [0.05, 0.1) is 12.2 Å². The van der Waals surface area contributed by atoms with Crippen molar-refractivity contribution in [3.05, 3.63) is 0 Å². The van der Waals surface area contributed by atoms with E-state index in [0.717, 1.165) is 6.42 Å². The van der Waals surface area contributed by atoms with Crippen molar-refractivity contribution in [2.24, 2.45) is 0 Å². The summed E-state index contributed by atoms with van der Waals surface area (Å²) in [5.74, 6) is 0. The Kier molecular flexibility index (Phi) is 3.83. The molecule has 2 fully saturated rings. The molecule has 0 aromatic rings. The molecule has 0 aromatic carbocycles. The molecule has 0 bridgehead atoms. The summed E-state index contributed by atoms with van der Waals surface area (Å²) in [6.07, 6.45) is 8.60. The fraction of sp³-hybridized carbons (Fsp3) is 0.923. The van der Waals surface area contributed by atoms with Gasteiger partial charge in [0.15, 0.2) is 0 Å². The van der Waals surface area contributed by atoms with Crippen LogP contribution in [0.4, 0.5) is 0 Å². The molecule has 3 nitrogen and oxygen atoms in total. The third-order valence-corrected chi connectivity index (χ3v) is 4.07. The molecule has 1 aliphatic carbocycles. The highest BCUT2D eigenvalue weighted by molar-refractivity contribution is 5.14. The maximum Gasteiger partial charge on any atom is 0.135 e. The highest BCUT2D eigenvalue weighted by Crippen LogP contribution is 2.28. The topological polar surface area (TPSA) is 45.0 Å². The monoisotopic (exact) mass is 222 g/mol. The number of hydrogen-bond donors (Lipinski definition) is 1. The van der Waals surface area contributed by atoms with Gasteiger partial charge in [-0.3, -0.25) is 5.32 Å². The van der Waals surface area contributed by atoms with E-state index in [1.54, 1.807) is 0 Å². The van der Waals surface area contributed by atoms with Gasteiger partial charge >= 0.3 is 0 Å². The lowest BCUT2D eigenvalue weighted by Gasteiger charge is -2.31. The van der Waals surface area contributed by atoms with Crippen LogP contribution in [0.25, 0.3) is 0 Å². The molecule has 1 saturated heterocycles. The SMILES string of the molecule is CC1OCCC1(C#N)NC1CCCCCC1. The Morgan fingerprint density at radius 1 is 1.25 bits per heavy atom. The van der Waals surface area contributed by atoms with E-state index in [2.05, 4.69) is 11.4 Å². The van der Waals surface area contributed by atoms with E-state index in [1.807, 2.05) is 6.92 Å². The third kappa shape index (κ3) is 2.39. The van der Waals surface area contributed by atoms with Crippen molar-refractivity contribution in [3.63, 3.8) is 0 Å². The van der Waals surface area contributed by atoms with Crippen LogP contribution in [0.5, 0.6) is 0 Å². The zero-order valence-corrected chi connectivity index (χ0v) is 10.2. The molecule has 2 unspecified atom stereocenters. The Labute approximate surface area is 98.2 Å². The Bertz CT molecular complexity index is 266. The second-order valence-electron chi connectivity index (χ2n) is 5.18. The van der Waals surface area contributed by atoms with Gasteiger partial charge in [0.1, 0.15) is 5.54 Å². The van der Waals surface area contributed by atoms with Gasteiger partial charge in [0.2, 0.25) is 0 Å². The number of nitrogens with one attached hydrogen (secondary N) is 1. The minimum atomic E-state index is -0.422. The second-order valence-corrected chi connectivity index (χ2v) is 5.18. The van der Waals surface area contributed by atoms with Gasteiger partial charge < -0.3 is 4.74 Å². The van der Waals surface area contributed by atoms with Gasteiger partial charge in [0, 0.05) is 19.1 Å². The van der Waals surface area contributed by atoms with Crippen molar-refractivity contribution in [1.29, 1.82) is 5.26 Å². The summed E-state index contributed by atoms with van der Waals surface area (Å²) in [6, 6.07) is 2.98. The van der Waals surface area contributed by atoms with Crippen molar-refractivity contribution >= 4 is 0 Å². The number of rotatable bonds is 2. The maximum atomic E-state index is 9.40. The average Bonchev–Trinajstić information content (AvgIpc) is 2.52. The van der Waals surface area contributed by atoms with Crippen LogP contribution in [0, 0.1) is 11.3 Å². The van der Waals surface area contributed by atoms with Crippen molar-refractivity contribution in [1.82, 2.24) is 5.32 Å². The molecule has 1 heterocycles. The molecular formula is C13H22N2O. The van der Waals surface area contributed by atoms with E-state index in [-0.39, 0.29) is 6.10 Å². The molecule has 0 spiro atoms. The van der Waals surface area contributed by atoms with Gasteiger partial charge in [-0.05, 0) is 19.8 Å². The van der Waals surface area contributed by atoms with Crippen molar-refractivity contribution in [2.75, 3.05) is 6.61 Å². The van der Waals surface area contributed by atoms with E-state index in [9.17, 15) is 5.26 Å². The predicted octanol–water partition coefficient (Wildman–Crippen LogP) is 2.37. The Hall–Kier alpha value is -0.590. The highest BCUT2D eigenvalue weighted by atomic mass is 16.5. The van der Waals surface area contributed by atoms with Crippen LogP contribution >= 0.6 is 0 Å². The first kappa shape index (κ1) is 11.9. The number of ether oxygens (including phenoxy) is 1. The van der Waals surface area contributed by atoms with Gasteiger partial charge in [-0.15, -0.1) is 0 Å². The molecule has 1 N–H and O–H groups in total. The molecule has 0 radical (unpaired) electrons. The van der Waals surface area contributed by atoms with E-state index in [0.29, 0.717) is 12.6 Å². The van der Waals surface area contributed by atoms with Crippen LogP contribution < -0.4 is 5.32 Å². The molecule has 1 saturated carbocycles. The zero-order valence-electron chi connectivity index (χ0n) is 10.2. The van der Waals surface area contributed by atoms with E-state index >= 15 is 0 Å². The summed E-state index contributed by atoms with van der Waals surface area (Å²) < 4.78 is 5.55. The predicted molar refractivity (Wildman–Crippen MR) is 63.0 cm³/mol. The summed E-state index contributed by atoms with van der Waals surface area (Å²) in [5.41, 5.74) is -0.422. The summed E-state index contributed by atoms with van der Waals surface area (Å²) in [5, 5.41) is 13.0. The lowest BCUT2D eigenvalue weighted by Crippen LogP contribution is -2.53. The van der Waals surface area contributed by atoms with Crippen molar-refractivity contribution in [3.8, 4) is 6.07 Å². The van der Waals surface area contributed by atoms with Crippen LogP contribution in [0.1, 0.15) is 51.9 Å². The second kappa shape index (κ2) is 5.16. The Morgan fingerprint density at radius 2 is 1.94 bits per heavy atom. The fourth-order valence-corrected chi connectivity index (χ4v) is 2.90. The van der Waals surface area contributed by atoms with Crippen LogP contribution in [0.15, 0.2) is 0 Å². The lowest BCUT2D eigenvalue weighted by atomic mass is 9.91. The normalized spacial score (nSPS) is 36.9. The molecule has 2 aliphatic rings. The molecule has 3 heteroatoms. The summed E-state index contributed by atoms with van der Waals surface area (Å²) in [4.78, 5) is 0. The van der Waals surface area contributed by atoms with Gasteiger partial charge in [-0.25, -0.2) is 0 Å². The van der Waals surface area contributed by atoms with Crippen molar-refractivity contribution < 1.29 is 4.74 Å². The standard InChI is InChI=1S/C13H22N2O/c1-11-13(10-14,8-9-16-11)15-12-6-4-2-3-5-7-12/h11-12,15H,2-9H2,1H3. The van der Waals surface area contributed by atoms with Crippen LogP contribution in [-0.4, -0.2) is 24.3 Å². The van der Waals surface area contributed by atoms with Crippen LogP contribution in [0.3, 0.4) is 0 Å². The largest absolute Gasteiger partial charge is 0.375 e. The minimum absolute atomic E-state index is 0.0285. The minimum Gasteiger partial charge on any atom is -0.375 e. The Morgan fingerprint density at radius 3 is 2.44 bits per heavy atom. The Balaban J connectivity index is 1.98. The summed E-state index contributed by atoms with van der Waals surface area (Å²) in [6.45, 7) is 2.73. The molecule has 1 aliphatic heterocycles. The molecule has 0 amide bonds. The highest BCUT2D eigenvalue weighted by Gasteiger charge is 2.43.